The number of anilines is 1. The number of pyridine rings is 1. The van der Waals surface area contributed by atoms with E-state index in [-0.39, 0.29) is 5.91 Å². The van der Waals surface area contributed by atoms with Gasteiger partial charge in [0.05, 0.1) is 4.88 Å². The standard InChI is InChI=1S/C13H15N3OS/c1-8-6-15-4-3-10(8)7-16-13(17)12-5-11(14)9(2)18-12/h3-6H,7,14H2,1-2H3,(H,16,17). The molecule has 0 aromatic carbocycles. The molecule has 0 unspecified atom stereocenters. The van der Waals surface area contributed by atoms with Crippen LogP contribution in [0.1, 0.15) is 25.7 Å². The summed E-state index contributed by atoms with van der Waals surface area (Å²) in [6.07, 6.45) is 3.51. The summed E-state index contributed by atoms with van der Waals surface area (Å²) >= 11 is 1.41. The average Bonchev–Trinajstić information content (AvgIpc) is 2.68. The Hall–Kier alpha value is -1.88. The average molecular weight is 261 g/mol. The predicted octanol–water partition coefficient (Wildman–Crippen LogP) is 2.27. The molecule has 0 radical (unpaired) electrons. The summed E-state index contributed by atoms with van der Waals surface area (Å²) in [5, 5.41) is 2.88. The fraction of sp³-hybridized carbons (Fsp3) is 0.231. The van der Waals surface area contributed by atoms with Crippen molar-refractivity contribution in [1.29, 1.82) is 0 Å². The van der Waals surface area contributed by atoms with Crippen molar-refractivity contribution in [3.05, 3.63) is 45.4 Å². The summed E-state index contributed by atoms with van der Waals surface area (Å²) in [5.41, 5.74) is 8.54. The van der Waals surface area contributed by atoms with Crippen LogP contribution in [0.25, 0.3) is 0 Å². The Morgan fingerprint density at radius 2 is 2.28 bits per heavy atom. The molecule has 2 rings (SSSR count). The Kier molecular flexibility index (Phi) is 3.62. The number of aromatic nitrogens is 1. The summed E-state index contributed by atoms with van der Waals surface area (Å²) in [7, 11) is 0. The van der Waals surface area contributed by atoms with E-state index >= 15 is 0 Å². The van der Waals surface area contributed by atoms with Crippen LogP contribution < -0.4 is 11.1 Å². The first-order valence-corrected chi connectivity index (χ1v) is 6.43. The molecule has 3 N–H and O–H groups in total. The maximum absolute atomic E-state index is 11.9. The lowest BCUT2D eigenvalue weighted by molar-refractivity contribution is 0.0955. The number of nitrogens with two attached hydrogens (primary N) is 1. The van der Waals surface area contributed by atoms with Crippen LogP contribution in [-0.2, 0) is 6.54 Å². The fourth-order valence-electron chi connectivity index (χ4n) is 1.57. The summed E-state index contributed by atoms with van der Waals surface area (Å²) in [6, 6.07) is 3.62. The molecular formula is C13H15N3OS. The van der Waals surface area contributed by atoms with Gasteiger partial charge >= 0.3 is 0 Å². The second-order valence-corrected chi connectivity index (χ2v) is 5.36. The monoisotopic (exact) mass is 261 g/mol. The molecule has 18 heavy (non-hydrogen) atoms. The topological polar surface area (TPSA) is 68.0 Å². The van der Waals surface area contributed by atoms with Gasteiger partial charge in [-0.05, 0) is 37.1 Å². The SMILES string of the molecule is Cc1cnccc1CNC(=O)c1cc(N)c(C)s1. The number of rotatable bonds is 3. The molecule has 0 spiro atoms. The molecular weight excluding hydrogens is 246 g/mol. The van der Waals surface area contributed by atoms with E-state index in [9.17, 15) is 4.79 Å². The predicted molar refractivity (Wildman–Crippen MR) is 73.6 cm³/mol. The summed E-state index contributed by atoms with van der Waals surface area (Å²) < 4.78 is 0. The van der Waals surface area contributed by atoms with E-state index in [1.165, 1.54) is 11.3 Å². The lowest BCUT2D eigenvalue weighted by Crippen LogP contribution is -2.22. The first-order chi connectivity index (χ1) is 8.58. The molecule has 0 aliphatic carbocycles. The highest BCUT2D eigenvalue weighted by atomic mass is 32.1. The third kappa shape index (κ3) is 2.68. The number of hydrogen-bond donors (Lipinski definition) is 2. The summed E-state index contributed by atoms with van der Waals surface area (Å²) in [5.74, 6) is -0.0870. The molecule has 0 fully saturated rings. The van der Waals surface area contributed by atoms with E-state index in [4.69, 9.17) is 5.73 Å². The first kappa shape index (κ1) is 12.6. The quantitative estimate of drug-likeness (QED) is 0.890. The molecule has 2 heterocycles. The normalized spacial score (nSPS) is 10.3. The highest BCUT2D eigenvalue weighted by Gasteiger charge is 2.10. The molecule has 0 bridgehead atoms. The second-order valence-electron chi connectivity index (χ2n) is 4.11. The van der Waals surface area contributed by atoms with Crippen LogP contribution in [0.4, 0.5) is 5.69 Å². The van der Waals surface area contributed by atoms with Gasteiger partial charge in [-0.2, -0.15) is 0 Å². The number of nitrogens with one attached hydrogen (secondary N) is 1. The van der Waals surface area contributed by atoms with Gasteiger partial charge in [0.25, 0.3) is 5.91 Å². The number of nitrogens with zero attached hydrogens (tertiary/aromatic N) is 1. The zero-order valence-corrected chi connectivity index (χ0v) is 11.2. The zero-order valence-electron chi connectivity index (χ0n) is 10.4. The number of hydrogen-bond acceptors (Lipinski definition) is 4. The Bertz CT molecular complexity index is 558. The van der Waals surface area contributed by atoms with Crippen molar-refractivity contribution in [2.75, 3.05) is 5.73 Å². The van der Waals surface area contributed by atoms with Gasteiger partial charge in [0.1, 0.15) is 0 Å². The molecule has 0 aliphatic rings. The van der Waals surface area contributed by atoms with Crippen LogP contribution >= 0.6 is 11.3 Å². The van der Waals surface area contributed by atoms with Gasteiger partial charge in [0.15, 0.2) is 0 Å². The van der Waals surface area contributed by atoms with E-state index in [2.05, 4.69) is 10.3 Å². The molecule has 0 aliphatic heterocycles. The molecule has 2 aromatic heterocycles. The van der Waals surface area contributed by atoms with E-state index in [0.717, 1.165) is 16.0 Å². The van der Waals surface area contributed by atoms with Gasteiger partial charge in [-0.25, -0.2) is 0 Å². The highest BCUT2D eigenvalue weighted by molar-refractivity contribution is 7.14. The molecule has 1 amide bonds. The lowest BCUT2D eigenvalue weighted by atomic mass is 10.1. The molecule has 4 nitrogen and oxygen atoms in total. The molecule has 2 aromatic rings. The fourth-order valence-corrected chi connectivity index (χ4v) is 2.43. The Labute approximate surface area is 110 Å². The van der Waals surface area contributed by atoms with E-state index in [1.807, 2.05) is 19.9 Å². The number of amides is 1. The lowest BCUT2D eigenvalue weighted by Gasteiger charge is -2.06. The second kappa shape index (κ2) is 5.18. The van der Waals surface area contributed by atoms with Crippen LogP contribution in [0.3, 0.4) is 0 Å². The van der Waals surface area contributed by atoms with E-state index < -0.39 is 0 Å². The van der Waals surface area contributed by atoms with Crippen molar-refractivity contribution in [1.82, 2.24) is 10.3 Å². The van der Waals surface area contributed by atoms with Gasteiger partial charge in [-0.3, -0.25) is 9.78 Å². The number of carbonyl (C=O) groups excluding carboxylic acids is 1. The van der Waals surface area contributed by atoms with E-state index in [0.29, 0.717) is 17.1 Å². The van der Waals surface area contributed by atoms with Crippen LogP contribution in [0.15, 0.2) is 24.5 Å². The van der Waals surface area contributed by atoms with E-state index in [1.54, 1.807) is 18.5 Å². The number of carbonyl (C=O) groups is 1. The molecule has 5 heteroatoms. The Morgan fingerprint density at radius 3 is 2.89 bits per heavy atom. The Balaban J connectivity index is 2.03. The van der Waals surface area contributed by atoms with Crippen molar-refractivity contribution in [3.63, 3.8) is 0 Å². The van der Waals surface area contributed by atoms with Crippen LogP contribution in [0, 0.1) is 13.8 Å². The van der Waals surface area contributed by atoms with Crippen LogP contribution in [0.5, 0.6) is 0 Å². The molecule has 0 saturated carbocycles. The summed E-state index contributed by atoms with van der Waals surface area (Å²) in [6.45, 7) is 4.38. The minimum Gasteiger partial charge on any atom is -0.398 e. The van der Waals surface area contributed by atoms with Crippen molar-refractivity contribution in [2.24, 2.45) is 0 Å². The molecule has 0 saturated heterocycles. The number of nitrogen functional groups attached to an aromatic ring is 1. The summed E-state index contributed by atoms with van der Waals surface area (Å²) in [4.78, 5) is 17.6. The molecule has 94 valence electrons. The van der Waals surface area contributed by atoms with Crippen LogP contribution in [-0.4, -0.2) is 10.9 Å². The minimum absolute atomic E-state index is 0.0870. The van der Waals surface area contributed by atoms with Gasteiger partial charge < -0.3 is 11.1 Å². The van der Waals surface area contributed by atoms with Crippen molar-refractivity contribution < 1.29 is 4.79 Å². The maximum Gasteiger partial charge on any atom is 0.261 e. The third-order valence-electron chi connectivity index (χ3n) is 2.76. The maximum atomic E-state index is 11.9. The van der Waals surface area contributed by atoms with Crippen LogP contribution in [0.2, 0.25) is 0 Å². The third-order valence-corrected chi connectivity index (χ3v) is 3.82. The highest BCUT2D eigenvalue weighted by Crippen LogP contribution is 2.23. The molecule has 0 atom stereocenters. The zero-order chi connectivity index (χ0) is 13.1. The van der Waals surface area contributed by atoms with Gasteiger partial charge in [-0.15, -0.1) is 11.3 Å². The van der Waals surface area contributed by atoms with Crippen molar-refractivity contribution in [3.8, 4) is 0 Å². The number of thiophene rings is 1. The van der Waals surface area contributed by atoms with Gasteiger partial charge in [0.2, 0.25) is 0 Å². The number of aryl methyl sites for hydroxylation is 2. The van der Waals surface area contributed by atoms with Crippen molar-refractivity contribution >= 4 is 22.9 Å². The smallest absolute Gasteiger partial charge is 0.261 e. The van der Waals surface area contributed by atoms with Crippen molar-refractivity contribution in [2.45, 2.75) is 20.4 Å². The minimum atomic E-state index is -0.0870. The largest absolute Gasteiger partial charge is 0.398 e. The van der Waals surface area contributed by atoms with Gasteiger partial charge in [0, 0.05) is 29.5 Å². The first-order valence-electron chi connectivity index (χ1n) is 5.61. The Morgan fingerprint density at radius 1 is 1.50 bits per heavy atom. The van der Waals surface area contributed by atoms with Gasteiger partial charge in [-0.1, -0.05) is 0 Å².